The molecule has 3 heteroatoms. The van der Waals surface area contributed by atoms with Gasteiger partial charge in [-0.2, -0.15) is 0 Å². The summed E-state index contributed by atoms with van der Waals surface area (Å²) in [7, 11) is 0. The van der Waals surface area contributed by atoms with E-state index in [4.69, 9.17) is 0 Å². The molecular weight excluding hydrogens is 286 g/mol. The third kappa shape index (κ3) is 2.46. The van der Waals surface area contributed by atoms with Crippen molar-refractivity contribution in [3.8, 4) is 0 Å². The second-order valence-corrected chi connectivity index (χ2v) is 6.32. The average molecular weight is 305 g/mol. The Hall–Kier alpha value is -2.42. The lowest BCUT2D eigenvalue weighted by atomic mass is 10.0. The zero-order valence-corrected chi connectivity index (χ0v) is 13.0. The first-order valence-corrected chi connectivity index (χ1v) is 8.25. The topological polar surface area (TPSA) is 37.4 Å². The number of amides is 1. The summed E-state index contributed by atoms with van der Waals surface area (Å²) >= 11 is 0. The molecule has 0 unspecified atom stereocenters. The maximum Gasteiger partial charge on any atom is 0.254 e. The molecule has 2 aromatic rings. The Labute approximate surface area is 135 Å². The van der Waals surface area contributed by atoms with Gasteiger partial charge in [0.25, 0.3) is 5.91 Å². The van der Waals surface area contributed by atoms with Crippen molar-refractivity contribution in [2.24, 2.45) is 0 Å². The molecule has 0 aromatic heterocycles. The van der Waals surface area contributed by atoms with Crippen LogP contribution < -0.4 is 0 Å². The summed E-state index contributed by atoms with van der Waals surface area (Å²) in [6, 6.07) is 14.0. The van der Waals surface area contributed by atoms with Crippen molar-refractivity contribution in [3.63, 3.8) is 0 Å². The van der Waals surface area contributed by atoms with E-state index in [2.05, 4.69) is 24.3 Å². The van der Waals surface area contributed by atoms with E-state index in [0.717, 1.165) is 42.6 Å². The molecule has 1 amide bonds. The Bertz CT molecular complexity index is 767. The van der Waals surface area contributed by atoms with Gasteiger partial charge in [0.15, 0.2) is 5.78 Å². The lowest BCUT2D eigenvalue weighted by molar-refractivity contribution is 0.0762. The Kier molecular flexibility index (Phi) is 3.49. The quantitative estimate of drug-likeness (QED) is 0.812. The van der Waals surface area contributed by atoms with Gasteiger partial charge in [-0.05, 0) is 42.0 Å². The number of ketones is 1. The molecule has 116 valence electrons. The van der Waals surface area contributed by atoms with Gasteiger partial charge in [-0.3, -0.25) is 9.59 Å². The van der Waals surface area contributed by atoms with Gasteiger partial charge in [-0.15, -0.1) is 0 Å². The van der Waals surface area contributed by atoms with E-state index in [0.29, 0.717) is 12.8 Å². The van der Waals surface area contributed by atoms with Gasteiger partial charge in [0.2, 0.25) is 0 Å². The Balaban J connectivity index is 1.61. The van der Waals surface area contributed by atoms with Gasteiger partial charge in [0.05, 0.1) is 0 Å². The van der Waals surface area contributed by atoms with E-state index >= 15 is 0 Å². The van der Waals surface area contributed by atoms with Crippen molar-refractivity contribution >= 4 is 11.7 Å². The van der Waals surface area contributed by atoms with E-state index in [1.54, 1.807) is 0 Å². The summed E-state index contributed by atoms with van der Waals surface area (Å²) in [5.74, 6) is 0.238. The van der Waals surface area contributed by atoms with E-state index in [1.165, 1.54) is 11.1 Å². The highest BCUT2D eigenvalue weighted by molar-refractivity contribution is 6.05. The zero-order valence-electron chi connectivity index (χ0n) is 13.0. The summed E-state index contributed by atoms with van der Waals surface area (Å²) in [6.45, 7) is 1.49. The number of benzene rings is 2. The first-order chi connectivity index (χ1) is 11.2. The molecule has 23 heavy (non-hydrogen) atoms. The number of rotatable bonds is 1. The SMILES string of the molecule is O=C1CCc2c1cccc2C(=O)N1CCc2ccccc2CC1. The first-order valence-electron chi connectivity index (χ1n) is 8.25. The molecule has 0 radical (unpaired) electrons. The monoisotopic (exact) mass is 305 g/mol. The summed E-state index contributed by atoms with van der Waals surface area (Å²) in [5, 5.41) is 0. The van der Waals surface area contributed by atoms with Gasteiger partial charge in [-0.1, -0.05) is 36.4 Å². The summed E-state index contributed by atoms with van der Waals surface area (Å²) in [6.07, 6.45) is 3.03. The molecule has 0 spiro atoms. The molecule has 2 aromatic carbocycles. The van der Waals surface area contributed by atoms with Gasteiger partial charge < -0.3 is 4.90 Å². The lowest BCUT2D eigenvalue weighted by Crippen LogP contribution is -2.33. The molecule has 0 fully saturated rings. The number of fused-ring (bicyclic) bond motifs is 2. The van der Waals surface area contributed by atoms with Gasteiger partial charge in [0, 0.05) is 30.6 Å². The maximum absolute atomic E-state index is 13.0. The molecule has 0 saturated carbocycles. The third-order valence-electron chi connectivity index (χ3n) is 5.02. The smallest absolute Gasteiger partial charge is 0.254 e. The molecular formula is C20H19NO2. The largest absolute Gasteiger partial charge is 0.338 e. The summed E-state index contributed by atoms with van der Waals surface area (Å²) in [5.41, 5.74) is 5.10. The molecule has 4 rings (SSSR count). The van der Waals surface area contributed by atoms with Crippen LogP contribution in [-0.2, 0) is 19.3 Å². The van der Waals surface area contributed by atoms with Crippen molar-refractivity contribution in [1.29, 1.82) is 0 Å². The van der Waals surface area contributed by atoms with Gasteiger partial charge in [-0.25, -0.2) is 0 Å². The highest BCUT2D eigenvalue weighted by atomic mass is 16.2. The van der Waals surface area contributed by atoms with Crippen molar-refractivity contribution in [1.82, 2.24) is 4.90 Å². The average Bonchev–Trinajstić information content (AvgIpc) is 2.83. The van der Waals surface area contributed by atoms with Crippen molar-refractivity contribution < 1.29 is 9.59 Å². The molecule has 2 aliphatic rings. The van der Waals surface area contributed by atoms with Crippen LogP contribution in [0, 0.1) is 0 Å². The molecule has 1 heterocycles. The van der Waals surface area contributed by atoms with Crippen LogP contribution in [0.25, 0.3) is 0 Å². The molecule has 0 saturated heterocycles. The van der Waals surface area contributed by atoms with Crippen LogP contribution in [0.5, 0.6) is 0 Å². The van der Waals surface area contributed by atoms with Crippen LogP contribution in [0.4, 0.5) is 0 Å². The predicted molar refractivity (Wildman–Crippen MR) is 88.8 cm³/mol. The van der Waals surface area contributed by atoms with E-state index in [-0.39, 0.29) is 11.7 Å². The molecule has 0 N–H and O–H groups in total. The minimum absolute atomic E-state index is 0.0735. The Morgan fingerprint density at radius 1 is 0.826 bits per heavy atom. The molecule has 1 aliphatic heterocycles. The lowest BCUT2D eigenvalue weighted by Gasteiger charge is -2.21. The highest BCUT2D eigenvalue weighted by Crippen LogP contribution is 2.27. The fourth-order valence-corrected chi connectivity index (χ4v) is 3.73. The van der Waals surface area contributed by atoms with E-state index in [1.807, 2.05) is 23.1 Å². The Morgan fingerprint density at radius 2 is 1.52 bits per heavy atom. The van der Waals surface area contributed by atoms with Crippen LogP contribution >= 0.6 is 0 Å². The fraction of sp³-hybridized carbons (Fsp3) is 0.300. The molecule has 0 bridgehead atoms. The van der Waals surface area contributed by atoms with E-state index in [9.17, 15) is 9.59 Å². The number of nitrogens with zero attached hydrogens (tertiary/aromatic N) is 1. The van der Waals surface area contributed by atoms with Crippen LogP contribution in [0.1, 0.15) is 43.8 Å². The molecule has 3 nitrogen and oxygen atoms in total. The van der Waals surface area contributed by atoms with Crippen LogP contribution in [0.15, 0.2) is 42.5 Å². The van der Waals surface area contributed by atoms with Crippen LogP contribution in [0.2, 0.25) is 0 Å². The first kappa shape index (κ1) is 14.2. The van der Waals surface area contributed by atoms with Crippen molar-refractivity contribution in [2.75, 3.05) is 13.1 Å². The number of hydrogen-bond acceptors (Lipinski definition) is 2. The van der Waals surface area contributed by atoms with Crippen molar-refractivity contribution in [3.05, 3.63) is 70.3 Å². The number of hydrogen-bond donors (Lipinski definition) is 0. The zero-order chi connectivity index (χ0) is 15.8. The second-order valence-electron chi connectivity index (χ2n) is 6.32. The fourth-order valence-electron chi connectivity index (χ4n) is 3.73. The van der Waals surface area contributed by atoms with Crippen LogP contribution in [0.3, 0.4) is 0 Å². The minimum Gasteiger partial charge on any atom is -0.338 e. The van der Waals surface area contributed by atoms with E-state index < -0.39 is 0 Å². The second kappa shape index (κ2) is 5.65. The third-order valence-corrected chi connectivity index (χ3v) is 5.02. The molecule has 0 atom stereocenters. The number of carbonyl (C=O) groups is 2. The Morgan fingerprint density at radius 3 is 2.22 bits per heavy atom. The minimum atomic E-state index is 0.0735. The standard InChI is InChI=1S/C20H19NO2/c22-19-9-8-16-17(19)6-3-7-18(16)20(23)21-12-10-14-4-1-2-5-15(14)11-13-21/h1-7H,8-13H2. The molecule has 1 aliphatic carbocycles. The summed E-state index contributed by atoms with van der Waals surface area (Å²) < 4.78 is 0. The van der Waals surface area contributed by atoms with Gasteiger partial charge >= 0.3 is 0 Å². The highest BCUT2D eigenvalue weighted by Gasteiger charge is 2.27. The van der Waals surface area contributed by atoms with Crippen molar-refractivity contribution in [2.45, 2.75) is 25.7 Å². The summed E-state index contributed by atoms with van der Waals surface area (Å²) in [4.78, 5) is 26.8. The number of Topliss-reactive ketones (excluding diaryl/α,β-unsaturated/α-hetero) is 1. The number of carbonyl (C=O) groups excluding carboxylic acids is 2. The normalized spacial score (nSPS) is 16.7. The van der Waals surface area contributed by atoms with Gasteiger partial charge in [0.1, 0.15) is 0 Å². The van der Waals surface area contributed by atoms with Crippen LogP contribution in [-0.4, -0.2) is 29.7 Å². The maximum atomic E-state index is 13.0. The predicted octanol–water partition coefficient (Wildman–Crippen LogP) is 3.06.